The molecule has 0 aromatic rings. The number of aliphatic hydroxyl groups is 3. The maximum absolute atomic E-state index is 9.53. The van der Waals surface area contributed by atoms with Crippen LogP contribution in [-0.2, 0) is 0 Å². The average Bonchev–Trinajstić information content (AvgIpc) is 2.11. The summed E-state index contributed by atoms with van der Waals surface area (Å²) in [5, 5.41) is 27.7. The molecule has 0 aromatic carbocycles. The van der Waals surface area contributed by atoms with Crippen LogP contribution in [0.2, 0.25) is 0 Å². The number of rotatable bonds is 2. The molecule has 1 atom stereocenters. The molecule has 3 N–H and O–H groups in total. The Kier molecular flexibility index (Phi) is 2.78. The Morgan fingerprint density at radius 2 is 2.08 bits per heavy atom. The van der Waals surface area contributed by atoms with E-state index in [0.29, 0.717) is 12.0 Å². The number of hydrogen-bond acceptors (Lipinski definition) is 3. The second-order valence-corrected chi connectivity index (χ2v) is 3.93. The molecule has 74 valence electrons. The molecule has 0 spiro atoms. The normalized spacial score (nSPS) is 29.1. The predicted molar refractivity (Wildman–Crippen MR) is 50.3 cm³/mol. The second kappa shape index (κ2) is 3.52. The lowest BCUT2D eigenvalue weighted by atomic mass is 9.78. The first kappa shape index (κ1) is 10.3. The number of allylic oxidation sites excluding steroid dienone is 1. The largest absolute Gasteiger partial charge is 0.508 e. The average molecular weight is 184 g/mol. The van der Waals surface area contributed by atoms with Gasteiger partial charge in [0.05, 0.1) is 13.2 Å². The van der Waals surface area contributed by atoms with Crippen LogP contribution in [0, 0.1) is 5.41 Å². The van der Waals surface area contributed by atoms with Gasteiger partial charge in [0, 0.05) is 5.41 Å². The molecular weight excluding hydrogens is 168 g/mol. The van der Waals surface area contributed by atoms with E-state index in [0.717, 1.165) is 5.57 Å². The van der Waals surface area contributed by atoms with Gasteiger partial charge < -0.3 is 15.3 Å². The van der Waals surface area contributed by atoms with Crippen molar-refractivity contribution in [2.24, 2.45) is 5.41 Å². The first-order valence-electron chi connectivity index (χ1n) is 4.35. The van der Waals surface area contributed by atoms with Crippen LogP contribution in [0.3, 0.4) is 0 Å². The van der Waals surface area contributed by atoms with Gasteiger partial charge in [-0.1, -0.05) is 13.0 Å². The van der Waals surface area contributed by atoms with Crippen molar-refractivity contribution in [1.82, 2.24) is 0 Å². The summed E-state index contributed by atoms with van der Waals surface area (Å²) in [7, 11) is 0. The van der Waals surface area contributed by atoms with Crippen LogP contribution in [0.15, 0.2) is 23.0 Å². The van der Waals surface area contributed by atoms with Crippen molar-refractivity contribution in [2.45, 2.75) is 20.3 Å². The summed E-state index contributed by atoms with van der Waals surface area (Å²) >= 11 is 0. The van der Waals surface area contributed by atoms with Gasteiger partial charge in [0.25, 0.3) is 0 Å². The molecule has 1 unspecified atom stereocenters. The molecule has 0 bridgehead atoms. The van der Waals surface area contributed by atoms with Crippen LogP contribution in [-0.4, -0.2) is 28.5 Å². The van der Waals surface area contributed by atoms with Crippen molar-refractivity contribution in [3.05, 3.63) is 23.0 Å². The summed E-state index contributed by atoms with van der Waals surface area (Å²) in [6.07, 6.45) is 2.37. The third kappa shape index (κ3) is 1.92. The molecule has 0 amide bonds. The van der Waals surface area contributed by atoms with Crippen LogP contribution in [0.1, 0.15) is 20.3 Å². The molecule has 3 nitrogen and oxygen atoms in total. The Morgan fingerprint density at radius 3 is 2.54 bits per heavy atom. The molecule has 13 heavy (non-hydrogen) atoms. The fourth-order valence-electron chi connectivity index (χ4n) is 1.72. The second-order valence-electron chi connectivity index (χ2n) is 3.93. The zero-order valence-corrected chi connectivity index (χ0v) is 8.04. The molecule has 0 saturated heterocycles. The first-order chi connectivity index (χ1) is 6.02. The zero-order chi connectivity index (χ0) is 10.1. The minimum atomic E-state index is -0.339. The van der Waals surface area contributed by atoms with Crippen LogP contribution in [0.5, 0.6) is 0 Å². The Labute approximate surface area is 78.0 Å². The summed E-state index contributed by atoms with van der Waals surface area (Å²) in [6.45, 7) is 3.56. The molecular formula is C10H16O3. The minimum Gasteiger partial charge on any atom is -0.508 e. The summed E-state index contributed by atoms with van der Waals surface area (Å²) in [6, 6.07) is 0. The third-order valence-electron chi connectivity index (χ3n) is 2.44. The lowest BCUT2D eigenvalue weighted by Gasteiger charge is -2.29. The molecule has 3 heteroatoms. The van der Waals surface area contributed by atoms with Crippen LogP contribution < -0.4 is 0 Å². The Hall–Kier alpha value is -0.800. The van der Waals surface area contributed by atoms with E-state index in [2.05, 4.69) is 0 Å². The van der Waals surface area contributed by atoms with E-state index in [9.17, 15) is 5.11 Å². The van der Waals surface area contributed by atoms with E-state index >= 15 is 0 Å². The maximum Gasteiger partial charge on any atom is 0.119 e. The molecule has 1 aliphatic carbocycles. The van der Waals surface area contributed by atoms with Crippen molar-refractivity contribution in [2.75, 3.05) is 13.2 Å². The highest BCUT2D eigenvalue weighted by Gasteiger charge is 2.28. The van der Waals surface area contributed by atoms with Gasteiger partial charge >= 0.3 is 0 Å². The topological polar surface area (TPSA) is 60.7 Å². The van der Waals surface area contributed by atoms with Crippen LogP contribution in [0.4, 0.5) is 0 Å². The van der Waals surface area contributed by atoms with E-state index in [-0.39, 0.29) is 24.4 Å². The quantitative estimate of drug-likeness (QED) is 0.603. The van der Waals surface area contributed by atoms with E-state index in [1.165, 1.54) is 0 Å². The molecule has 0 fully saturated rings. The highest BCUT2D eigenvalue weighted by molar-refractivity contribution is 5.35. The fourth-order valence-corrected chi connectivity index (χ4v) is 1.72. The SMILES string of the molecule is CC1=CC(C)(CO)CC(CO)=C1O. The Bertz CT molecular complexity index is 265. The van der Waals surface area contributed by atoms with Crippen molar-refractivity contribution < 1.29 is 15.3 Å². The third-order valence-corrected chi connectivity index (χ3v) is 2.44. The van der Waals surface area contributed by atoms with E-state index in [1.54, 1.807) is 6.92 Å². The highest BCUT2D eigenvalue weighted by atomic mass is 16.3. The first-order valence-corrected chi connectivity index (χ1v) is 4.35. The molecule has 0 aliphatic heterocycles. The highest BCUT2D eigenvalue weighted by Crippen LogP contribution is 2.35. The molecule has 0 aromatic heterocycles. The van der Waals surface area contributed by atoms with E-state index in [1.807, 2.05) is 13.0 Å². The Morgan fingerprint density at radius 1 is 1.46 bits per heavy atom. The van der Waals surface area contributed by atoms with E-state index in [4.69, 9.17) is 10.2 Å². The molecule has 1 aliphatic rings. The van der Waals surface area contributed by atoms with Crippen molar-refractivity contribution in [3.63, 3.8) is 0 Å². The zero-order valence-electron chi connectivity index (χ0n) is 8.04. The summed E-state index contributed by atoms with van der Waals surface area (Å²) < 4.78 is 0. The van der Waals surface area contributed by atoms with Gasteiger partial charge in [-0.2, -0.15) is 0 Å². The van der Waals surface area contributed by atoms with Gasteiger partial charge in [0.2, 0.25) is 0 Å². The predicted octanol–water partition coefficient (Wildman–Crippen LogP) is 1.14. The standard InChI is InChI=1S/C10H16O3/c1-7-3-10(2,6-12)4-8(5-11)9(7)13/h3,11-13H,4-6H2,1-2H3. The van der Waals surface area contributed by atoms with Crippen molar-refractivity contribution in [3.8, 4) is 0 Å². The van der Waals surface area contributed by atoms with Crippen LogP contribution in [0.25, 0.3) is 0 Å². The summed E-state index contributed by atoms with van der Waals surface area (Å²) in [5.74, 6) is 0.174. The van der Waals surface area contributed by atoms with Gasteiger partial charge in [0.15, 0.2) is 0 Å². The lowest BCUT2D eigenvalue weighted by Crippen LogP contribution is -2.24. The molecule has 0 saturated carbocycles. The molecule has 0 heterocycles. The van der Waals surface area contributed by atoms with Crippen molar-refractivity contribution >= 4 is 0 Å². The summed E-state index contributed by atoms with van der Waals surface area (Å²) in [5.41, 5.74) is 0.998. The van der Waals surface area contributed by atoms with Crippen LogP contribution >= 0.6 is 0 Å². The number of aliphatic hydroxyl groups excluding tert-OH is 3. The number of hydrogen-bond donors (Lipinski definition) is 3. The Balaban J connectivity index is 3.00. The smallest absolute Gasteiger partial charge is 0.119 e. The molecule has 0 radical (unpaired) electrons. The van der Waals surface area contributed by atoms with Gasteiger partial charge in [0.1, 0.15) is 5.76 Å². The van der Waals surface area contributed by atoms with Gasteiger partial charge in [-0.05, 0) is 24.5 Å². The lowest BCUT2D eigenvalue weighted by molar-refractivity contribution is 0.171. The monoisotopic (exact) mass is 184 g/mol. The van der Waals surface area contributed by atoms with Crippen molar-refractivity contribution in [1.29, 1.82) is 0 Å². The maximum atomic E-state index is 9.53. The summed E-state index contributed by atoms with van der Waals surface area (Å²) in [4.78, 5) is 0. The fraction of sp³-hybridized carbons (Fsp3) is 0.600. The minimum absolute atomic E-state index is 0.0289. The van der Waals surface area contributed by atoms with Gasteiger partial charge in [-0.25, -0.2) is 0 Å². The van der Waals surface area contributed by atoms with Gasteiger partial charge in [-0.15, -0.1) is 0 Å². The van der Waals surface area contributed by atoms with Gasteiger partial charge in [-0.3, -0.25) is 0 Å². The molecule has 1 rings (SSSR count). The van der Waals surface area contributed by atoms with E-state index < -0.39 is 0 Å².